The predicted molar refractivity (Wildman–Crippen MR) is 43.4 cm³/mol. The molecule has 0 radical (unpaired) electrons. The molecule has 2 nitrogen and oxygen atoms in total. The Morgan fingerprint density at radius 1 is 1.45 bits per heavy atom. The van der Waals surface area contributed by atoms with Crippen molar-refractivity contribution in [3.8, 4) is 0 Å². The molecular weight excluding hydrogens is 138 g/mol. The zero-order valence-corrected chi connectivity index (χ0v) is 7.05. The quantitative estimate of drug-likeness (QED) is 0.568. The lowest BCUT2D eigenvalue weighted by atomic mass is 10.3. The molecule has 1 saturated carbocycles. The summed E-state index contributed by atoms with van der Waals surface area (Å²) in [6.07, 6.45) is 4.92. The van der Waals surface area contributed by atoms with E-state index in [1.54, 1.807) is 6.92 Å². The molecule has 62 valence electrons. The number of nitrogens with zero attached hydrogens (tertiary/aromatic N) is 1. The van der Waals surface area contributed by atoms with Crippen LogP contribution in [0.3, 0.4) is 0 Å². The van der Waals surface area contributed by atoms with E-state index in [2.05, 4.69) is 4.90 Å². The number of fused-ring (bicyclic) bond motifs is 1. The van der Waals surface area contributed by atoms with Gasteiger partial charge in [0.2, 0.25) is 0 Å². The van der Waals surface area contributed by atoms with E-state index in [0.717, 1.165) is 25.0 Å². The van der Waals surface area contributed by atoms with Crippen LogP contribution in [0.1, 0.15) is 32.6 Å². The van der Waals surface area contributed by atoms with Crippen LogP contribution in [0.15, 0.2) is 0 Å². The molecule has 0 spiro atoms. The molecule has 1 aliphatic carbocycles. The zero-order valence-electron chi connectivity index (χ0n) is 7.05. The summed E-state index contributed by atoms with van der Waals surface area (Å²) in [5.74, 6) is 0.329. The summed E-state index contributed by atoms with van der Waals surface area (Å²) in [6, 6.07) is 1.74. The smallest absolute Gasteiger partial charge is 0.131 e. The number of piperidine rings is 1. The van der Waals surface area contributed by atoms with Crippen LogP contribution in [0.25, 0.3) is 0 Å². The van der Waals surface area contributed by atoms with Gasteiger partial charge < -0.3 is 0 Å². The van der Waals surface area contributed by atoms with Gasteiger partial charge in [-0.05, 0) is 19.8 Å². The maximum atomic E-state index is 10.7. The highest BCUT2D eigenvalue weighted by molar-refractivity contribution is 5.75. The van der Waals surface area contributed by atoms with Crippen molar-refractivity contribution in [1.29, 1.82) is 0 Å². The molecule has 11 heavy (non-hydrogen) atoms. The van der Waals surface area contributed by atoms with Gasteiger partial charge in [0.05, 0.1) is 0 Å². The first-order valence-corrected chi connectivity index (χ1v) is 4.54. The highest BCUT2D eigenvalue weighted by Crippen LogP contribution is 2.41. The summed E-state index contributed by atoms with van der Waals surface area (Å²) in [6.45, 7) is 2.70. The summed E-state index contributed by atoms with van der Waals surface area (Å²) < 4.78 is 0. The maximum absolute atomic E-state index is 10.7. The van der Waals surface area contributed by atoms with Gasteiger partial charge in [0, 0.05) is 25.0 Å². The van der Waals surface area contributed by atoms with E-state index in [4.69, 9.17) is 0 Å². The Kier molecular flexibility index (Phi) is 1.72. The van der Waals surface area contributed by atoms with E-state index in [1.807, 2.05) is 0 Å². The summed E-state index contributed by atoms with van der Waals surface area (Å²) in [5.41, 5.74) is 0. The first-order chi connectivity index (χ1) is 5.29. The Bertz CT molecular complexity index is 168. The van der Waals surface area contributed by atoms with Crippen LogP contribution in [0.5, 0.6) is 0 Å². The first-order valence-electron chi connectivity index (χ1n) is 4.54. The third-order valence-electron chi connectivity index (χ3n) is 2.93. The molecule has 2 aliphatic rings. The van der Waals surface area contributed by atoms with Crippen LogP contribution in [-0.4, -0.2) is 29.3 Å². The van der Waals surface area contributed by atoms with Crippen molar-refractivity contribution >= 4 is 5.78 Å². The van der Waals surface area contributed by atoms with Crippen molar-refractivity contribution in [3.05, 3.63) is 0 Å². The van der Waals surface area contributed by atoms with E-state index in [9.17, 15) is 4.79 Å². The van der Waals surface area contributed by atoms with Crippen LogP contribution < -0.4 is 0 Å². The Hall–Kier alpha value is -0.370. The van der Waals surface area contributed by atoms with E-state index in [0.29, 0.717) is 5.78 Å². The highest BCUT2D eigenvalue weighted by Gasteiger charge is 2.49. The van der Waals surface area contributed by atoms with Gasteiger partial charge >= 0.3 is 0 Å². The van der Waals surface area contributed by atoms with Crippen LogP contribution in [-0.2, 0) is 4.79 Å². The minimum atomic E-state index is 0.329. The number of ketones is 1. The molecule has 2 fully saturated rings. The molecule has 0 N–H and O–H groups in total. The Morgan fingerprint density at radius 3 is 2.64 bits per heavy atom. The molecular formula is C9H15NO. The van der Waals surface area contributed by atoms with Gasteiger partial charge in [-0.3, -0.25) is 9.69 Å². The minimum absolute atomic E-state index is 0.329. The maximum Gasteiger partial charge on any atom is 0.131 e. The highest BCUT2D eigenvalue weighted by atomic mass is 16.1. The summed E-state index contributed by atoms with van der Waals surface area (Å²) >= 11 is 0. The number of hydrogen-bond donors (Lipinski definition) is 0. The molecule has 2 atom stereocenters. The summed E-state index contributed by atoms with van der Waals surface area (Å²) in [4.78, 5) is 13.1. The van der Waals surface area contributed by atoms with Crippen LogP contribution in [0, 0.1) is 0 Å². The number of carbonyl (C=O) groups excluding carboxylic acids is 1. The largest absolute Gasteiger partial charge is 0.300 e. The molecule has 2 unspecified atom stereocenters. The van der Waals surface area contributed by atoms with Gasteiger partial charge in [-0.2, -0.15) is 0 Å². The van der Waals surface area contributed by atoms with Gasteiger partial charge in [-0.25, -0.2) is 0 Å². The number of carbonyl (C=O) groups is 1. The molecule has 0 aromatic rings. The standard InChI is InChI=1S/C9H15NO/c1-7(11)5-6-10-8-3-2-4-9(8)10/h8-9H,2-6H2,1H3. The predicted octanol–water partition coefficient (Wildman–Crippen LogP) is 1.20. The second-order valence-electron chi connectivity index (χ2n) is 3.76. The second kappa shape index (κ2) is 2.59. The monoisotopic (exact) mass is 153 g/mol. The average molecular weight is 153 g/mol. The second-order valence-corrected chi connectivity index (χ2v) is 3.76. The fourth-order valence-corrected chi connectivity index (χ4v) is 2.26. The van der Waals surface area contributed by atoms with E-state index in [-0.39, 0.29) is 0 Å². The van der Waals surface area contributed by atoms with Crippen LogP contribution >= 0.6 is 0 Å². The zero-order chi connectivity index (χ0) is 7.84. The van der Waals surface area contributed by atoms with Gasteiger partial charge in [0.1, 0.15) is 5.78 Å². The van der Waals surface area contributed by atoms with Crippen LogP contribution in [0.2, 0.25) is 0 Å². The molecule has 1 heterocycles. The Morgan fingerprint density at radius 2 is 2.09 bits per heavy atom. The molecule has 0 aromatic carbocycles. The fraction of sp³-hybridized carbons (Fsp3) is 0.889. The van der Waals surface area contributed by atoms with Gasteiger partial charge in [0.15, 0.2) is 0 Å². The van der Waals surface area contributed by atoms with Crippen molar-refractivity contribution in [1.82, 2.24) is 4.90 Å². The molecule has 1 saturated heterocycles. The van der Waals surface area contributed by atoms with Gasteiger partial charge in [-0.1, -0.05) is 6.42 Å². The first kappa shape index (κ1) is 7.29. The Balaban J connectivity index is 1.71. The van der Waals surface area contributed by atoms with Crippen molar-refractivity contribution in [2.45, 2.75) is 44.7 Å². The molecule has 0 bridgehead atoms. The number of rotatable bonds is 3. The number of hydrogen-bond acceptors (Lipinski definition) is 2. The minimum Gasteiger partial charge on any atom is -0.300 e. The Labute approximate surface area is 67.6 Å². The average Bonchev–Trinajstić information content (AvgIpc) is 2.44. The van der Waals surface area contributed by atoms with Crippen molar-refractivity contribution < 1.29 is 4.79 Å². The van der Waals surface area contributed by atoms with E-state index >= 15 is 0 Å². The molecule has 2 heteroatoms. The lowest BCUT2D eigenvalue weighted by molar-refractivity contribution is -0.117. The summed E-state index contributed by atoms with van der Waals surface area (Å²) in [7, 11) is 0. The van der Waals surface area contributed by atoms with Crippen molar-refractivity contribution in [2.75, 3.05) is 6.54 Å². The molecule has 0 amide bonds. The van der Waals surface area contributed by atoms with E-state index < -0.39 is 0 Å². The van der Waals surface area contributed by atoms with Gasteiger partial charge in [-0.15, -0.1) is 0 Å². The lowest BCUT2D eigenvalue weighted by Crippen LogP contribution is -2.10. The normalized spacial score (nSPS) is 40.3. The molecule has 2 rings (SSSR count). The lowest BCUT2D eigenvalue weighted by Gasteiger charge is -2.04. The number of likely N-dealkylation sites (tertiary alicyclic amines) is 1. The van der Waals surface area contributed by atoms with E-state index in [1.165, 1.54) is 19.3 Å². The molecule has 0 aromatic heterocycles. The third-order valence-corrected chi connectivity index (χ3v) is 2.93. The van der Waals surface area contributed by atoms with Crippen LogP contribution in [0.4, 0.5) is 0 Å². The van der Waals surface area contributed by atoms with Gasteiger partial charge in [0.25, 0.3) is 0 Å². The third kappa shape index (κ3) is 1.32. The fourth-order valence-electron chi connectivity index (χ4n) is 2.26. The SMILES string of the molecule is CC(=O)CCN1C2CCCC21. The topological polar surface area (TPSA) is 20.1 Å². The number of Topliss-reactive ketones (excluding diaryl/α,β-unsaturated/α-hetero) is 1. The van der Waals surface area contributed by atoms with Crippen molar-refractivity contribution in [2.24, 2.45) is 0 Å². The summed E-state index contributed by atoms with van der Waals surface area (Å²) in [5, 5.41) is 0. The molecule has 1 aliphatic heterocycles. The van der Waals surface area contributed by atoms with Crippen molar-refractivity contribution in [3.63, 3.8) is 0 Å².